The van der Waals surface area contributed by atoms with Gasteiger partial charge in [0.2, 0.25) is 5.91 Å². The number of amides is 1. The molecule has 2 N–H and O–H groups in total. The van der Waals surface area contributed by atoms with Crippen molar-refractivity contribution in [1.82, 2.24) is 20.1 Å². The van der Waals surface area contributed by atoms with Crippen molar-refractivity contribution in [3.8, 4) is 11.4 Å². The number of para-hydroxylation sites is 1. The fourth-order valence-corrected chi connectivity index (χ4v) is 2.44. The number of hydrogen-bond acceptors (Lipinski definition) is 4. The lowest BCUT2D eigenvalue weighted by atomic mass is 10.1. The number of aromatic nitrogens is 3. The topological polar surface area (TPSA) is 71.8 Å². The number of hydrogen-bond donors (Lipinski definition) is 2. The van der Waals surface area contributed by atoms with Crippen molar-refractivity contribution in [2.24, 2.45) is 7.05 Å². The lowest BCUT2D eigenvalue weighted by Crippen LogP contribution is -2.35. The molecule has 1 saturated heterocycles. The standard InChI is InChI=1S/C14H17N5O/c1-19-9-16-18-13(19)10-5-2-3-6-11(10)17-14(20)12-7-4-8-15-12/h2-3,5-6,9,12,15H,4,7-8H2,1H3,(H,17,20)/t12-/m1/s1. The second-order valence-corrected chi connectivity index (χ2v) is 4.95. The molecule has 2 aromatic rings. The Morgan fingerprint density at radius 3 is 3.00 bits per heavy atom. The van der Waals surface area contributed by atoms with Gasteiger partial charge >= 0.3 is 0 Å². The maximum atomic E-state index is 12.2. The molecule has 3 rings (SSSR count). The second-order valence-electron chi connectivity index (χ2n) is 4.95. The molecule has 1 amide bonds. The monoisotopic (exact) mass is 271 g/mol. The molecule has 6 heteroatoms. The van der Waals surface area contributed by atoms with Gasteiger partial charge in [-0.15, -0.1) is 10.2 Å². The van der Waals surface area contributed by atoms with E-state index in [1.54, 1.807) is 6.33 Å². The molecule has 1 aromatic heterocycles. The maximum absolute atomic E-state index is 12.2. The third-order valence-electron chi connectivity index (χ3n) is 3.51. The number of anilines is 1. The van der Waals surface area contributed by atoms with Gasteiger partial charge in [0, 0.05) is 12.6 Å². The highest BCUT2D eigenvalue weighted by atomic mass is 16.2. The molecule has 6 nitrogen and oxygen atoms in total. The van der Waals surface area contributed by atoms with Gasteiger partial charge in [-0.25, -0.2) is 0 Å². The summed E-state index contributed by atoms with van der Waals surface area (Å²) in [6.07, 6.45) is 3.58. The van der Waals surface area contributed by atoms with E-state index in [9.17, 15) is 4.79 Å². The number of nitrogens with one attached hydrogen (secondary N) is 2. The number of rotatable bonds is 3. The van der Waals surface area contributed by atoms with Gasteiger partial charge in [-0.2, -0.15) is 0 Å². The summed E-state index contributed by atoms with van der Waals surface area (Å²) in [6, 6.07) is 7.55. The Morgan fingerprint density at radius 1 is 1.45 bits per heavy atom. The highest BCUT2D eigenvalue weighted by Crippen LogP contribution is 2.25. The molecule has 0 saturated carbocycles. The van der Waals surface area contributed by atoms with Crippen LogP contribution in [0.25, 0.3) is 11.4 Å². The normalized spacial score (nSPS) is 18.1. The SMILES string of the molecule is Cn1cnnc1-c1ccccc1NC(=O)[C@H]1CCCN1. The molecular weight excluding hydrogens is 254 g/mol. The van der Waals surface area contributed by atoms with E-state index >= 15 is 0 Å². The Hall–Kier alpha value is -2.21. The molecule has 1 aliphatic heterocycles. The van der Waals surface area contributed by atoms with Gasteiger partial charge in [-0.3, -0.25) is 4.79 Å². The average molecular weight is 271 g/mol. The lowest BCUT2D eigenvalue weighted by molar-refractivity contribution is -0.117. The second kappa shape index (κ2) is 5.42. The first-order valence-corrected chi connectivity index (χ1v) is 6.73. The van der Waals surface area contributed by atoms with E-state index in [4.69, 9.17) is 0 Å². The van der Waals surface area contributed by atoms with Crippen molar-refractivity contribution in [2.75, 3.05) is 11.9 Å². The Bertz CT molecular complexity index is 616. The van der Waals surface area contributed by atoms with Crippen LogP contribution in [0.5, 0.6) is 0 Å². The van der Waals surface area contributed by atoms with Crippen LogP contribution in [0.15, 0.2) is 30.6 Å². The van der Waals surface area contributed by atoms with Crippen LogP contribution >= 0.6 is 0 Å². The van der Waals surface area contributed by atoms with E-state index in [0.29, 0.717) is 0 Å². The quantitative estimate of drug-likeness (QED) is 0.879. The van der Waals surface area contributed by atoms with E-state index in [2.05, 4.69) is 20.8 Å². The van der Waals surface area contributed by atoms with Gasteiger partial charge in [0.15, 0.2) is 5.82 Å². The molecule has 1 aromatic carbocycles. The van der Waals surface area contributed by atoms with Crippen LogP contribution in [-0.2, 0) is 11.8 Å². The Labute approximate surface area is 117 Å². The summed E-state index contributed by atoms with van der Waals surface area (Å²) in [5.41, 5.74) is 1.64. The van der Waals surface area contributed by atoms with Crippen LogP contribution in [0.1, 0.15) is 12.8 Å². The largest absolute Gasteiger partial charge is 0.324 e. The highest BCUT2D eigenvalue weighted by Gasteiger charge is 2.23. The van der Waals surface area contributed by atoms with Crippen molar-refractivity contribution in [3.05, 3.63) is 30.6 Å². The van der Waals surface area contributed by atoms with Crippen molar-refractivity contribution < 1.29 is 4.79 Å². The predicted octanol–water partition coefficient (Wildman–Crippen LogP) is 1.17. The molecule has 1 fully saturated rings. The smallest absolute Gasteiger partial charge is 0.241 e. The number of carbonyl (C=O) groups excluding carboxylic acids is 1. The lowest BCUT2D eigenvalue weighted by Gasteiger charge is -2.14. The Morgan fingerprint density at radius 2 is 2.30 bits per heavy atom. The third kappa shape index (κ3) is 2.42. The zero-order valence-electron chi connectivity index (χ0n) is 11.3. The Kier molecular flexibility index (Phi) is 3.47. The molecule has 104 valence electrons. The van der Waals surface area contributed by atoms with Crippen LogP contribution in [0.2, 0.25) is 0 Å². The van der Waals surface area contributed by atoms with Gasteiger partial charge in [-0.1, -0.05) is 12.1 Å². The summed E-state index contributed by atoms with van der Waals surface area (Å²) >= 11 is 0. The summed E-state index contributed by atoms with van der Waals surface area (Å²) in [5.74, 6) is 0.748. The number of aryl methyl sites for hydroxylation is 1. The first-order chi connectivity index (χ1) is 9.75. The van der Waals surface area contributed by atoms with Gasteiger partial charge in [0.05, 0.1) is 11.7 Å². The van der Waals surface area contributed by atoms with Gasteiger partial charge in [0.1, 0.15) is 6.33 Å². The van der Waals surface area contributed by atoms with E-state index in [-0.39, 0.29) is 11.9 Å². The van der Waals surface area contributed by atoms with Gasteiger partial charge < -0.3 is 15.2 Å². The predicted molar refractivity (Wildman–Crippen MR) is 76.1 cm³/mol. The van der Waals surface area contributed by atoms with Gasteiger partial charge in [-0.05, 0) is 31.5 Å². The molecule has 0 unspecified atom stereocenters. The first kappa shape index (κ1) is 12.8. The zero-order chi connectivity index (χ0) is 13.9. The minimum atomic E-state index is -0.0949. The molecule has 1 atom stereocenters. The molecule has 0 bridgehead atoms. The molecule has 0 aliphatic carbocycles. The number of benzene rings is 1. The average Bonchev–Trinajstić information content (AvgIpc) is 3.10. The first-order valence-electron chi connectivity index (χ1n) is 6.73. The van der Waals surface area contributed by atoms with Crippen molar-refractivity contribution in [3.63, 3.8) is 0 Å². The fourth-order valence-electron chi connectivity index (χ4n) is 2.44. The Balaban J connectivity index is 1.86. The minimum Gasteiger partial charge on any atom is -0.324 e. The van der Waals surface area contributed by atoms with E-state index in [0.717, 1.165) is 36.5 Å². The van der Waals surface area contributed by atoms with E-state index < -0.39 is 0 Å². The maximum Gasteiger partial charge on any atom is 0.241 e. The van der Waals surface area contributed by atoms with Crippen LogP contribution in [0.3, 0.4) is 0 Å². The van der Waals surface area contributed by atoms with Crippen molar-refractivity contribution >= 4 is 11.6 Å². The van der Waals surface area contributed by atoms with Crippen molar-refractivity contribution in [1.29, 1.82) is 0 Å². The van der Waals surface area contributed by atoms with E-state index in [1.807, 2.05) is 35.9 Å². The molecule has 1 aliphatic rings. The molecular formula is C14H17N5O. The van der Waals surface area contributed by atoms with Crippen molar-refractivity contribution in [2.45, 2.75) is 18.9 Å². The van der Waals surface area contributed by atoms with Gasteiger partial charge in [0.25, 0.3) is 0 Å². The van der Waals surface area contributed by atoms with Crippen LogP contribution in [0.4, 0.5) is 5.69 Å². The summed E-state index contributed by atoms with van der Waals surface area (Å²) in [7, 11) is 1.88. The third-order valence-corrected chi connectivity index (χ3v) is 3.51. The molecule has 0 radical (unpaired) electrons. The minimum absolute atomic E-state index is 0.0112. The zero-order valence-corrected chi connectivity index (χ0v) is 11.3. The number of carbonyl (C=O) groups is 1. The summed E-state index contributed by atoms with van der Waals surface area (Å²) < 4.78 is 1.83. The van der Waals surface area contributed by atoms with E-state index in [1.165, 1.54) is 0 Å². The van der Waals surface area contributed by atoms with Crippen LogP contribution in [-0.4, -0.2) is 33.3 Å². The van der Waals surface area contributed by atoms with Crippen LogP contribution in [0, 0.1) is 0 Å². The summed E-state index contributed by atoms with van der Waals surface area (Å²) in [5, 5.41) is 14.2. The summed E-state index contributed by atoms with van der Waals surface area (Å²) in [4.78, 5) is 12.2. The molecule has 0 spiro atoms. The molecule has 2 heterocycles. The van der Waals surface area contributed by atoms with Crippen LogP contribution < -0.4 is 10.6 Å². The molecule has 20 heavy (non-hydrogen) atoms. The fraction of sp³-hybridized carbons (Fsp3) is 0.357. The highest BCUT2D eigenvalue weighted by molar-refractivity contribution is 5.98. The number of nitrogens with zero attached hydrogens (tertiary/aromatic N) is 3. The summed E-state index contributed by atoms with van der Waals surface area (Å²) in [6.45, 7) is 0.906.